The van der Waals surface area contributed by atoms with Crippen LogP contribution < -0.4 is 5.43 Å². The molecule has 4 heteroatoms. The number of benzene rings is 6. The molecule has 0 amide bonds. The third-order valence-corrected chi connectivity index (χ3v) is 7.30. The van der Waals surface area contributed by atoms with Gasteiger partial charge in [-0.2, -0.15) is 0 Å². The number of aliphatic imine (C=N–C) groups is 1. The Morgan fingerprint density at radius 3 is 1.95 bits per heavy atom. The quantitative estimate of drug-likeness (QED) is 0.179. The van der Waals surface area contributed by atoms with Crippen molar-refractivity contribution in [3.05, 3.63) is 157 Å². The molecule has 7 rings (SSSR count). The Bertz CT molecular complexity index is 2020. The zero-order valence-electron chi connectivity index (χ0n) is 21.8. The number of aromatic nitrogens is 1. The maximum Gasteiger partial charge on any atom is 0.154 e. The highest BCUT2D eigenvalue weighted by atomic mass is 15.4. The molecule has 0 saturated carbocycles. The molecule has 1 aromatic heterocycles. The normalized spacial score (nSPS) is 11.8. The summed E-state index contributed by atoms with van der Waals surface area (Å²) in [6, 6.07) is 49.6. The predicted molar refractivity (Wildman–Crippen MR) is 168 cm³/mol. The lowest BCUT2D eigenvalue weighted by molar-refractivity contribution is 1.08. The van der Waals surface area contributed by atoms with E-state index in [2.05, 4.69) is 89.0 Å². The Labute approximate surface area is 232 Å². The highest BCUT2D eigenvalue weighted by Crippen LogP contribution is 2.36. The summed E-state index contributed by atoms with van der Waals surface area (Å²) < 4.78 is 2.12. The molecule has 0 fully saturated rings. The minimum atomic E-state index is 0.197. The second-order valence-electron chi connectivity index (χ2n) is 9.77. The van der Waals surface area contributed by atoms with Crippen LogP contribution in [0.5, 0.6) is 0 Å². The van der Waals surface area contributed by atoms with Crippen molar-refractivity contribution in [2.24, 2.45) is 4.99 Å². The summed E-state index contributed by atoms with van der Waals surface area (Å²) in [5, 5.41) is 13.5. The molecule has 0 bridgehead atoms. The standard InChI is InChI=1S/C36H26N4/c37-35(27-15-6-2-7-16-27)38-36(28-17-8-3-9-18-28)39-40-32-23-21-26-14-10-11-19-30(26)34(32)31-22-20-29(24-33(31)40)25-12-4-1-5-13-25/h1-24H,(H2,37,38,39). The molecule has 7 aromatic rings. The lowest BCUT2D eigenvalue weighted by Crippen LogP contribution is -2.25. The summed E-state index contributed by atoms with van der Waals surface area (Å²) in [5.41, 5.74) is 9.69. The third-order valence-electron chi connectivity index (χ3n) is 7.30. The average Bonchev–Trinajstić information content (AvgIpc) is 3.35. The largest absolute Gasteiger partial charge is 0.282 e. The minimum Gasteiger partial charge on any atom is -0.282 e. The zero-order valence-corrected chi connectivity index (χ0v) is 21.8. The van der Waals surface area contributed by atoms with Crippen molar-refractivity contribution >= 4 is 44.2 Å². The van der Waals surface area contributed by atoms with Crippen LogP contribution in [0.25, 0.3) is 43.7 Å². The van der Waals surface area contributed by atoms with Crippen LogP contribution in [0.1, 0.15) is 11.1 Å². The Balaban J connectivity index is 1.48. The number of nitrogens with zero attached hydrogens (tertiary/aromatic N) is 2. The first kappa shape index (κ1) is 23.6. The summed E-state index contributed by atoms with van der Waals surface area (Å²) in [5.74, 6) is 0.801. The molecule has 0 unspecified atom stereocenters. The van der Waals surface area contributed by atoms with E-state index < -0.39 is 0 Å². The van der Waals surface area contributed by atoms with Gasteiger partial charge in [-0.25, -0.2) is 4.99 Å². The fourth-order valence-corrected chi connectivity index (χ4v) is 5.35. The van der Waals surface area contributed by atoms with Gasteiger partial charge in [-0.05, 0) is 34.0 Å². The van der Waals surface area contributed by atoms with E-state index in [1.54, 1.807) is 0 Å². The molecule has 0 spiro atoms. The number of amidine groups is 2. The molecule has 6 aromatic carbocycles. The van der Waals surface area contributed by atoms with Crippen LogP contribution in [0.2, 0.25) is 0 Å². The van der Waals surface area contributed by atoms with Crippen molar-refractivity contribution in [2.45, 2.75) is 0 Å². The lowest BCUT2D eigenvalue weighted by Gasteiger charge is -2.15. The van der Waals surface area contributed by atoms with Gasteiger partial charge in [0.15, 0.2) is 11.7 Å². The van der Waals surface area contributed by atoms with Gasteiger partial charge >= 0.3 is 0 Å². The molecule has 0 radical (unpaired) electrons. The van der Waals surface area contributed by atoms with Crippen LogP contribution in [0.15, 0.2) is 151 Å². The first-order valence-corrected chi connectivity index (χ1v) is 13.3. The van der Waals surface area contributed by atoms with Gasteiger partial charge in [0.1, 0.15) is 0 Å². The maximum atomic E-state index is 8.78. The summed E-state index contributed by atoms with van der Waals surface area (Å²) in [6.45, 7) is 0. The van der Waals surface area contributed by atoms with Gasteiger partial charge in [0, 0.05) is 21.9 Å². The van der Waals surface area contributed by atoms with E-state index in [1.165, 1.54) is 16.2 Å². The highest BCUT2D eigenvalue weighted by molar-refractivity contribution is 6.22. The number of nitrogens with one attached hydrogen (secondary N) is 2. The zero-order chi connectivity index (χ0) is 26.9. The molecule has 0 aliphatic carbocycles. The first-order valence-electron chi connectivity index (χ1n) is 13.3. The fourth-order valence-electron chi connectivity index (χ4n) is 5.35. The fraction of sp³-hybridized carbons (Fsp3) is 0. The molecule has 4 nitrogen and oxygen atoms in total. The van der Waals surface area contributed by atoms with Crippen molar-refractivity contribution < 1.29 is 0 Å². The van der Waals surface area contributed by atoms with Crippen LogP contribution in [0, 0.1) is 5.41 Å². The summed E-state index contributed by atoms with van der Waals surface area (Å²) >= 11 is 0. The third kappa shape index (κ3) is 4.22. The molecule has 0 aliphatic heterocycles. The molecule has 1 heterocycles. The molecule has 0 atom stereocenters. The van der Waals surface area contributed by atoms with E-state index in [0.717, 1.165) is 38.7 Å². The number of hydrogen-bond acceptors (Lipinski definition) is 1. The lowest BCUT2D eigenvalue weighted by atomic mass is 10.0. The van der Waals surface area contributed by atoms with E-state index in [9.17, 15) is 0 Å². The topological polar surface area (TPSA) is 53.2 Å². The monoisotopic (exact) mass is 514 g/mol. The van der Waals surface area contributed by atoms with Gasteiger partial charge in [-0.15, -0.1) is 0 Å². The number of rotatable bonds is 4. The Kier molecular flexibility index (Phi) is 5.91. The predicted octanol–water partition coefficient (Wildman–Crippen LogP) is 8.63. The highest BCUT2D eigenvalue weighted by Gasteiger charge is 2.17. The van der Waals surface area contributed by atoms with Crippen molar-refractivity contribution in [2.75, 3.05) is 5.43 Å². The van der Waals surface area contributed by atoms with E-state index in [0.29, 0.717) is 5.84 Å². The molecule has 190 valence electrons. The SMILES string of the molecule is N=C(N=C(Nn1c2cc(-c3ccccc3)ccc2c2c3ccccc3ccc21)c1ccccc1)c1ccccc1. The molecule has 0 aliphatic rings. The van der Waals surface area contributed by atoms with Gasteiger partial charge < -0.3 is 0 Å². The van der Waals surface area contributed by atoms with Crippen molar-refractivity contribution in [3.63, 3.8) is 0 Å². The van der Waals surface area contributed by atoms with Gasteiger partial charge in [-0.1, -0.05) is 133 Å². The van der Waals surface area contributed by atoms with Crippen LogP contribution in [-0.4, -0.2) is 16.3 Å². The van der Waals surface area contributed by atoms with E-state index >= 15 is 0 Å². The Hall–Kier alpha value is -5.48. The van der Waals surface area contributed by atoms with Gasteiger partial charge in [0.05, 0.1) is 11.0 Å². The van der Waals surface area contributed by atoms with Crippen LogP contribution in [0.3, 0.4) is 0 Å². The van der Waals surface area contributed by atoms with Gasteiger partial charge in [-0.3, -0.25) is 15.5 Å². The van der Waals surface area contributed by atoms with E-state index in [-0.39, 0.29) is 5.84 Å². The van der Waals surface area contributed by atoms with Crippen LogP contribution in [0.4, 0.5) is 0 Å². The second kappa shape index (κ2) is 10.0. The van der Waals surface area contributed by atoms with Crippen molar-refractivity contribution in [1.82, 2.24) is 4.68 Å². The minimum absolute atomic E-state index is 0.197. The summed E-state index contributed by atoms with van der Waals surface area (Å²) in [6.07, 6.45) is 0. The number of fused-ring (bicyclic) bond motifs is 5. The molecular formula is C36H26N4. The first-order chi connectivity index (χ1) is 19.8. The Morgan fingerprint density at radius 2 is 1.20 bits per heavy atom. The van der Waals surface area contributed by atoms with Crippen molar-refractivity contribution in [1.29, 1.82) is 5.41 Å². The molecule has 0 saturated heterocycles. The number of hydrogen-bond donors (Lipinski definition) is 2. The summed E-state index contributed by atoms with van der Waals surface area (Å²) in [4.78, 5) is 4.82. The second-order valence-corrected chi connectivity index (χ2v) is 9.77. The molecule has 40 heavy (non-hydrogen) atoms. The van der Waals surface area contributed by atoms with Gasteiger partial charge in [0.2, 0.25) is 0 Å². The average molecular weight is 515 g/mol. The van der Waals surface area contributed by atoms with Crippen LogP contribution >= 0.6 is 0 Å². The van der Waals surface area contributed by atoms with Gasteiger partial charge in [0.25, 0.3) is 0 Å². The van der Waals surface area contributed by atoms with E-state index in [4.69, 9.17) is 10.4 Å². The van der Waals surface area contributed by atoms with E-state index in [1.807, 2.05) is 66.7 Å². The molecular weight excluding hydrogens is 488 g/mol. The molecule has 2 N–H and O–H groups in total. The Morgan fingerprint density at radius 1 is 0.550 bits per heavy atom. The maximum absolute atomic E-state index is 8.78. The van der Waals surface area contributed by atoms with Crippen molar-refractivity contribution in [3.8, 4) is 11.1 Å². The smallest absolute Gasteiger partial charge is 0.154 e. The van der Waals surface area contributed by atoms with Crippen LogP contribution in [-0.2, 0) is 0 Å². The summed E-state index contributed by atoms with van der Waals surface area (Å²) in [7, 11) is 0.